The van der Waals surface area contributed by atoms with Crippen molar-refractivity contribution in [3.05, 3.63) is 28.5 Å². The molecule has 0 radical (unpaired) electrons. The van der Waals surface area contributed by atoms with Gasteiger partial charge in [-0.1, -0.05) is 0 Å². The summed E-state index contributed by atoms with van der Waals surface area (Å²) in [5.41, 5.74) is -0.195. The summed E-state index contributed by atoms with van der Waals surface area (Å²) in [6.07, 6.45) is 1.49. The van der Waals surface area contributed by atoms with Crippen molar-refractivity contribution >= 4 is 44.5 Å². The lowest BCUT2D eigenvalue weighted by molar-refractivity contribution is -0.127. The van der Waals surface area contributed by atoms with Crippen molar-refractivity contribution in [1.29, 1.82) is 0 Å². The normalized spacial score (nSPS) is 24.9. The molecule has 1 aromatic rings. The van der Waals surface area contributed by atoms with E-state index in [0.29, 0.717) is 32.6 Å². The number of thiol groups is 1. The lowest BCUT2D eigenvalue weighted by atomic mass is 9.87. The second kappa shape index (κ2) is 6.59. The minimum absolute atomic E-state index is 0.0218. The lowest BCUT2D eigenvalue weighted by Crippen LogP contribution is -2.36. The number of hydrogen-bond acceptors (Lipinski definition) is 4. The van der Waals surface area contributed by atoms with E-state index in [1.54, 1.807) is 4.90 Å². The fourth-order valence-electron chi connectivity index (χ4n) is 3.47. The molecule has 132 valence electrons. The number of amides is 1. The number of halogens is 2. The Labute approximate surface area is 154 Å². The molecule has 2 fully saturated rings. The summed E-state index contributed by atoms with van der Waals surface area (Å²) in [7, 11) is -3.73. The largest absolute Gasteiger partial charge is 0.341 e. The highest BCUT2D eigenvalue weighted by atomic mass is 79.9. The Morgan fingerprint density at radius 2 is 2.00 bits per heavy atom. The minimum atomic E-state index is -3.73. The van der Waals surface area contributed by atoms with Crippen LogP contribution in [0.2, 0.25) is 0 Å². The van der Waals surface area contributed by atoms with Gasteiger partial charge >= 0.3 is 0 Å². The summed E-state index contributed by atoms with van der Waals surface area (Å²) in [5, 5.41) is 0. The molecule has 0 unspecified atom stereocenters. The second-order valence-electron chi connectivity index (χ2n) is 6.39. The van der Waals surface area contributed by atoms with Gasteiger partial charge in [0, 0.05) is 31.6 Å². The Balaban J connectivity index is 1.78. The molecule has 5 nitrogen and oxygen atoms in total. The first-order valence-electron chi connectivity index (χ1n) is 7.61. The molecule has 1 amide bonds. The van der Waals surface area contributed by atoms with E-state index in [9.17, 15) is 17.6 Å². The second-order valence-corrected chi connectivity index (χ2v) is 9.50. The quantitative estimate of drug-likeness (QED) is 0.738. The van der Waals surface area contributed by atoms with Crippen LogP contribution >= 0.6 is 28.6 Å². The molecule has 2 saturated heterocycles. The number of benzene rings is 1. The highest BCUT2D eigenvalue weighted by molar-refractivity contribution is 9.10. The fraction of sp³-hybridized carbons (Fsp3) is 0.533. The van der Waals surface area contributed by atoms with Gasteiger partial charge in [-0.25, -0.2) is 12.8 Å². The van der Waals surface area contributed by atoms with E-state index < -0.39 is 15.8 Å². The van der Waals surface area contributed by atoms with Gasteiger partial charge in [0.2, 0.25) is 15.9 Å². The number of hydrogen-bond donors (Lipinski definition) is 1. The molecule has 2 heterocycles. The van der Waals surface area contributed by atoms with Gasteiger partial charge in [-0.3, -0.25) is 4.79 Å². The Bertz CT molecular complexity index is 774. The molecule has 0 aromatic heterocycles. The lowest BCUT2D eigenvalue weighted by Gasteiger charge is -2.24. The van der Waals surface area contributed by atoms with Gasteiger partial charge in [0.05, 0.1) is 15.1 Å². The number of sulfonamides is 1. The van der Waals surface area contributed by atoms with Gasteiger partial charge in [0.1, 0.15) is 5.82 Å². The van der Waals surface area contributed by atoms with Gasteiger partial charge in [-0.2, -0.15) is 16.9 Å². The number of likely N-dealkylation sites (tertiary alicyclic amines) is 1. The van der Waals surface area contributed by atoms with Crippen molar-refractivity contribution in [2.75, 3.05) is 31.9 Å². The Kier molecular flexibility index (Phi) is 4.98. The first-order valence-corrected chi connectivity index (χ1v) is 10.5. The Hall–Kier alpha value is -0.640. The smallest absolute Gasteiger partial charge is 0.243 e. The third kappa shape index (κ3) is 3.23. The predicted octanol–water partition coefficient (Wildman–Crippen LogP) is 2.13. The maximum Gasteiger partial charge on any atom is 0.243 e. The summed E-state index contributed by atoms with van der Waals surface area (Å²) >= 11 is 7.04. The van der Waals surface area contributed by atoms with E-state index in [2.05, 4.69) is 28.6 Å². The SMILES string of the molecule is O=C(CS)N1CC[C@@]2(CCN(S(=O)(=O)c3ccc(Br)c(F)c3)C2)C1. The van der Waals surface area contributed by atoms with Gasteiger partial charge in [-0.05, 0) is 47.0 Å². The third-order valence-corrected chi connectivity index (χ3v) is 7.61. The topological polar surface area (TPSA) is 57.7 Å². The van der Waals surface area contributed by atoms with E-state index in [1.165, 1.54) is 16.4 Å². The number of carbonyl (C=O) groups is 1. The van der Waals surface area contributed by atoms with Crippen molar-refractivity contribution in [2.45, 2.75) is 17.7 Å². The van der Waals surface area contributed by atoms with Crippen LogP contribution in [0.15, 0.2) is 27.6 Å². The number of carbonyl (C=O) groups excluding carboxylic acids is 1. The average Bonchev–Trinajstić information content (AvgIpc) is 3.17. The van der Waals surface area contributed by atoms with Crippen LogP contribution in [0.3, 0.4) is 0 Å². The summed E-state index contributed by atoms with van der Waals surface area (Å²) in [4.78, 5) is 13.5. The van der Waals surface area contributed by atoms with Crippen LogP contribution in [0.25, 0.3) is 0 Å². The van der Waals surface area contributed by atoms with Gasteiger partial charge in [0.25, 0.3) is 0 Å². The van der Waals surface area contributed by atoms with Crippen molar-refractivity contribution in [1.82, 2.24) is 9.21 Å². The Morgan fingerprint density at radius 1 is 1.29 bits per heavy atom. The van der Waals surface area contributed by atoms with Crippen molar-refractivity contribution in [3.8, 4) is 0 Å². The first kappa shape index (κ1) is 18.2. The van der Waals surface area contributed by atoms with E-state index in [-0.39, 0.29) is 26.4 Å². The van der Waals surface area contributed by atoms with Crippen molar-refractivity contribution in [2.24, 2.45) is 5.41 Å². The van der Waals surface area contributed by atoms with Crippen molar-refractivity contribution < 1.29 is 17.6 Å². The third-order valence-electron chi connectivity index (χ3n) is 4.86. The molecule has 1 atom stereocenters. The molecule has 2 aliphatic heterocycles. The molecular weight excluding hydrogens is 419 g/mol. The number of nitrogens with zero attached hydrogens (tertiary/aromatic N) is 2. The van der Waals surface area contributed by atoms with Crippen LogP contribution in [0.4, 0.5) is 4.39 Å². The molecule has 3 rings (SSSR count). The molecule has 0 bridgehead atoms. The predicted molar refractivity (Wildman–Crippen MR) is 95.0 cm³/mol. The van der Waals surface area contributed by atoms with E-state index >= 15 is 0 Å². The summed E-state index contributed by atoms with van der Waals surface area (Å²) in [6.45, 7) is 1.96. The Morgan fingerprint density at radius 3 is 2.67 bits per heavy atom. The van der Waals surface area contributed by atoms with Crippen LogP contribution in [-0.2, 0) is 14.8 Å². The average molecular weight is 437 g/mol. The molecule has 1 aromatic carbocycles. The summed E-state index contributed by atoms with van der Waals surface area (Å²) in [6, 6.07) is 3.84. The zero-order valence-corrected chi connectivity index (χ0v) is 16.2. The zero-order valence-electron chi connectivity index (χ0n) is 12.9. The van der Waals surface area contributed by atoms with E-state index in [4.69, 9.17) is 0 Å². The van der Waals surface area contributed by atoms with Gasteiger partial charge in [0.15, 0.2) is 0 Å². The molecule has 2 aliphatic rings. The standard InChI is InChI=1S/C15H18BrFN2O3S2/c16-12-2-1-11(7-13(12)17)24(21,22)19-6-4-15(10-19)3-5-18(9-15)14(20)8-23/h1-2,7,23H,3-6,8-10H2/t15-/m1/s1. The fourth-order valence-corrected chi connectivity index (χ4v) is 5.48. The molecule has 1 spiro atoms. The molecule has 0 saturated carbocycles. The van der Waals surface area contributed by atoms with Crippen LogP contribution in [0, 0.1) is 11.2 Å². The van der Waals surface area contributed by atoms with Crippen LogP contribution in [-0.4, -0.2) is 55.5 Å². The monoisotopic (exact) mass is 436 g/mol. The van der Waals surface area contributed by atoms with Gasteiger partial charge in [-0.15, -0.1) is 0 Å². The molecule has 0 N–H and O–H groups in total. The first-order chi connectivity index (χ1) is 11.3. The van der Waals surface area contributed by atoms with Crippen molar-refractivity contribution in [3.63, 3.8) is 0 Å². The molecule has 24 heavy (non-hydrogen) atoms. The summed E-state index contributed by atoms with van der Waals surface area (Å²) in [5.74, 6) is -0.459. The maximum atomic E-state index is 13.7. The highest BCUT2D eigenvalue weighted by Crippen LogP contribution is 2.41. The zero-order chi connectivity index (χ0) is 17.5. The molecule has 9 heteroatoms. The van der Waals surface area contributed by atoms with Crippen LogP contribution < -0.4 is 0 Å². The van der Waals surface area contributed by atoms with E-state index in [1.807, 2.05) is 0 Å². The molecular formula is C15H18BrFN2O3S2. The minimum Gasteiger partial charge on any atom is -0.341 e. The van der Waals surface area contributed by atoms with Crippen LogP contribution in [0.1, 0.15) is 12.8 Å². The summed E-state index contributed by atoms with van der Waals surface area (Å²) < 4.78 is 40.8. The maximum absolute atomic E-state index is 13.7. The highest BCUT2D eigenvalue weighted by Gasteiger charge is 2.47. The van der Waals surface area contributed by atoms with Crippen LogP contribution in [0.5, 0.6) is 0 Å². The van der Waals surface area contributed by atoms with Gasteiger partial charge < -0.3 is 4.90 Å². The number of rotatable bonds is 3. The van der Waals surface area contributed by atoms with E-state index in [0.717, 1.165) is 12.5 Å². The molecule has 0 aliphatic carbocycles.